The van der Waals surface area contributed by atoms with E-state index < -0.39 is 0 Å². The summed E-state index contributed by atoms with van der Waals surface area (Å²) >= 11 is 0. The van der Waals surface area contributed by atoms with Crippen molar-refractivity contribution < 1.29 is 0 Å². The van der Waals surface area contributed by atoms with E-state index in [0.717, 1.165) is 6.54 Å². The van der Waals surface area contributed by atoms with Crippen molar-refractivity contribution in [2.24, 2.45) is 0 Å². The second kappa shape index (κ2) is 5.65. The summed E-state index contributed by atoms with van der Waals surface area (Å²) in [6, 6.07) is 6.79. The van der Waals surface area contributed by atoms with Crippen LogP contribution in [0.25, 0.3) is 0 Å². The number of likely N-dealkylation sites (N-methyl/N-ethyl adjacent to an activating group) is 1. The van der Waals surface area contributed by atoms with E-state index in [4.69, 9.17) is 0 Å². The molecule has 0 aromatic heterocycles. The van der Waals surface area contributed by atoms with Gasteiger partial charge in [0.2, 0.25) is 0 Å². The second-order valence-electron chi connectivity index (χ2n) is 5.36. The van der Waals surface area contributed by atoms with Crippen molar-refractivity contribution in [2.45, 2.75) is 26.8 Å². The summed E-state index contributed by atoms with van der Waals surface area (Å²) in [6.07, 6.45) is 1.29. The fourth-order valence-electron chi connectivity index (χ4n) is 2.47. The predicted octanol–water partition coefficient (Wildman–Crippen LogP) is 2.44. The molecule has 0 aliphatic carbocycles. The van der Waals surface area contributed by atoms with Gasteiger partial charge in [-0.05, 0) is 51.5 Å². The summed E-state index contributed by atoms with van der Waals surface area (Å²) in [7, 11) is 2.22. The highest BCUT2D eigenvalue weighted by Gasteiger charge is 2.12. The van der Waals surface area contributed by atoms with Crippen LogP contribution in [0.3, 0.4) is 0 Å². The number of hydrogen-bond acceptors (Lipinski definition) is 2. The van der Waals surface area contributed by atoms with Gasteiger partial charge in [0.1, 0.15) is 0 Å². The molecule has 0 radical (unpaired) electrons. The van der Waals surface area contributed by atoms with Crippen molar-refractivity contribution >= 4 is 0 Å². The molecule has 1 saturated heterocycles. The first-order valence-electron chi connectivity index (χ1n) is 6.62. The van der Waals surface area contributed by atoms with Gasteiger partial charge in [-0.25, -0.2) is 0 Å². The van der Waals surface area contributed by atoms with Crippen LogP contribution >= 0.6 is 0 Å². The Kier molecular flexibility index (Phi) is 4.19. The Labute approximate surface area is 105 Å². The molecule has 2 nitrogen and oxygen atoms in total. The van der Waals surface area contributed by atoms with Gasteiger partial charge in [0.25, 0.3) is 0 Å². The summed E-state index contributed by atoms with van der Waals surface area (Å²) in [5.41, 5.74) is 4.29. The summed E-state index contributed by atoms with van der Waals surface area (Å²) in [5, 5.41) is 0. The Morgan fingerprint density at radius 1 is 1.06 bits per heavy atom. The lowest BCUT2D eigenvalue weighted by atomic mass is 10.1. The molecule has 1 aromatic carbocycles. The number of rotatable bonds is 2. The zero-order valence-corrected chi connectivity index (χ0v) is 11.4. The third-order valence-electron chi connectivity index (χ3n) is 3.71. The molecule has 1 aromatic rings. The van der Waals surface area contributed by atoms with E-state index in [0.29, 0.717) is 0 Å². The van der Waals surface area contributed by atoms with E-state index in [-0.39, 0.29) is 0 Å². The Hall–Kier alpha value is -0.860. The molecule has 1 fully saturated rings. The molecular formula is C15H24N2. The lowest BCUT2D eigenvalue weighted by molar-refractivity contribution is 0.269. The highest BCUT2D eigenvalue weighted by atomic mass is 15.2. The zero-order chi connectivity index (χ0) is 12.3. The fraction of sp³-hybridized carbons (Fsp3) is 0.600. The van der Waals surface area contributed by atoms with Crippen LogP contribution in [0.15, 0.2) is 18.2 Å². The Bertz CT molecular complexity index is 373. The second-order valence-corrected chi connectivity index (χ2v) is 5.36. The van der Waals surface area contributed by atoms with Crippen molar-refractivity contribution in [1.82, 2.24) is 9.80 Å². The quantitative estimate of drug-likeness (QED) is 0.773. The van der Waals surface area contributed by atoms with E-state index in [1.165, 1.54) is 49.3 Å². The van der Waals surface area contributed by atoms with Gasteiger partial charge in [0, 0.05) is 19.6 Å². The zero-order valence-electron chi connectivity index (χ0n) is 11.4. The topological polar surface area (TPSA) is 6.48 Å². The SMILES string of the molecule is Cc1ccc(C)c(CN2CCCN(C)CC2)c1. The molecule has 0 N–H and O–H groups in total. The monoisotopic (exact) mass is 232 g/mol. The third kappa shape index (κ3) is 3.55. The summed E-state index contributed by atoms with van der Waals surface area (Å²) < 4.78 is 0. The minimum absolute atomic E-state index is 1.11. The molecule has 0 saturated carbocycles. The van der Waals surface area contributed by atoms with Crippen molar-refractivity contribution in [3.05, 3.63) is 34.9 Å². The maximum absolute atomic E-state index is 2.59. The minimum Gasteiger partial charge on any atom is -0.305 e. The molecule has 0 spiro atoms. The van der Waals surface area contributed by atoms with E-state index in [1.54, 1.807) is 0 Å². The van der Waals surface area contributed by atoms with Gasteiger partial charge >= 0.3 is 0 Å². The number of hydrogen-bond donors (Lipinski definition) is 0. The van der Waals surface area contributed by atoms with Crippen molar-refractivity contribution in [3.8, 4) is 0 Å². The standard InChI is InChI=1S/C15H24N2/c1-13-5-6-14(2)15(11-13)12-17-8-4-7-16(3)9-10-17/h5-6,11H,4,7-10,12H2,1-3H3. The normalized spacial score (nSPS) is 19.2. The van der Waals surface area contributed by atoms with Gasteiger partial charge < -0.3 is 4.90 Å². The van der Waals surface area contributed by atoms with E-state index in [1.807, 2.05) is 0 Å². The highest BCUT2D eigenvalue weighted by Crippen LogP contribution is 2.14. The lowest BCUT2D eigenvalue weighted by Gasteiger charge is -2.21. The van der Waals surface area contributed by atoms with Crippen LogP contribution in [0.1, 0.15) is 23.1 Å². The number of benzene rings is 1. The van der Waals surface area contributed by atoms with Crippen LogP contribution in [0.4, 0.5) is 0 Å². The maximum atomic E-state index is 2.59. The van der Waals surface area contributed by atoms with Crippen molar-refractivity contribution in [1.29, 1.82) is 0 Å². The maximum Gasteiger partial charge on any atom is 0.0237 e. The molecular weight excluding hydrogens is 208 g/mol. The first kappa shape index (κ1) is 12.6. The smallest absolute Gasteiger partial charge is 0.0237 e. The summed E-state index contributed by atoms with van der Waals surface area (Å²) in [5.74, 6) is 0. The molecule has 0 unspecified atom stereocenters. The molecule has 17 heavy (non-hydrogen) atoms. The summed E-state index contributed by atoms with van der Waals surface area (Å²) in [6.45, 7) is 10.4. The molecule has 1 heterocycles. The van der Waals surface area contributed by atoms with Gasteiger partial charge in [0.05, 0.1) is 0 Å². The average Bonchev–Trinajstić information content (AvgIpc) is 2.49. The van der Waals surface area contributed by atoms with Crippen LogP contribution in [-0.4, -0.2) is 43.0 Å². The lowest BCUT2D eigenvalue weighted by Crippen LogP contribution is -2.28. The minimum atomic E-state index is 1.11. The molecule has 2 heteroatoms. The largest absolute Gasteiger partial charge is 0.305 e. The molecule has 0 bridgehead atoms. The van der Waals surface area contributed by atoms with E-state index >= 15 is 0 Å². The Balaban J connectivity index is 2.02. The van der Waals surface area contributed by atoms with E-state index in [2.05, 4.69) is 48.9 Å². The van der Waals surface area contributed by atoms with Crippen LogP contribution in [0.2, 0.25) is 0 Å². The molecule has 0 amide bonds. The molecule has 1 aliphatic heterocycles. The highest BCUT2D eigenvalue weighted by molar-refractivity contribution is 5.30. The number of nitrogens with zero attached hydrogens (tertiary/aromatic N) is 2. The molecule has 2 rings (SSSR count). The molecule has 94 valence electrons. The van der Waals surface area contributed by atoms with Crippen LogP contribution in [0.5, 0.6) is 0 Å². The van der Waals surface area contributed by atoms with Crippen molar-refractivity contribution in [2.75, 3.05) is 33.2 Å². The predicted molar refractivity (Wildman–Crippen MR) is 73.3 cm³/mol. The molecule has 0 atom stereocenters. The van der Waals surface area contributed by atoms with Gasteiger partial charge in [-0.15, -0.1) is 0 Å². The fourth-order valence-corrected chi connectivity index (χ4v) is 2.47. The van der Waals surface area contributed by atoms with Gasteiger partial charge in [-0.2, -0.15) is 0 Å². The van der Waals surface area contributed by atoms with Gasteiger partial charge in [-0.3, -0.25) is 4.90 Å². The van der Waals surface area contributed by atoms with Crippen LogP contribution in [0, 0.1) is 13.8 Å². The van der Waals surface area contributed by atoms with Crippen molar-refractivity contribution in [3.63, 3.8) is 0 Å². The Morgan fingerprint density at radius 3 is 2.71 bits per heavy atom. The molecule has 1 aliphatic rings. The third-order valence-corrected chi connectivity index (χ3v) is 3.71. The Morgan fingerprint density at radius 2 is 1.88 bits per heavy atom. The van der Waals surface area contributed by atoms with Gasteiger partial charge in [-0.1, -0.05) is 23.8 Å². The van der Waals surface area contributed by atoms with E-state index in [9.17, 15) is 0 Å². The summed E-state index contributed by atoms with van der Waals surface area (Å²) in [4.78, 5) is 5.02. The van der Waals surface area contributed by atoms with Gasteiger partial charge in [0.15, 0.2) is 0 Å². The van der Waals surface area contributed by atoms with Crippen LogP contribution < -0.4 is 0 Å². The number of aryl methyl sites for hydroxylation is 2. The first-order chi connectivity index (χ1) is 8.15. The average molecular weight is 232 g/mol. The first-order valence-corrected chi connectivity index (χ1v) is 6.62. The van der Waals surface area contributed by atoms with Crippen LogP contribution in [-0.2, 0) is 6.54 Å².